The largest absolute Gasteiger partial charge is 0.338 e. The van der Waals surface area contributed by atoms with Gasteiger partial charge in [-0.1, -0.05) is 12.2 Å². The van der Waals surface area contributed by atoms with Crippen molar-refractivity contribution in [3.8, 4) is 0 Å². The Balaban J connectivity index is 2.12. The van der Waals surface area contributed by atoms with Crippen LogP contribution in [-0.2, 0) is 0 Å². The molecule has 220 valence electrons. The van der Waals surface area contributed by atoms with Crippen LogP contribution >= 0.6 is 0 Å². The number of hydrogen-bond donors (Lipinski definition) is 2. The molecule has 1 aromatic heterocycles. The molecule has 2 fully saturated rings. The van der Waals surface area contributed by atoms with Crippen LogP contribution in [0.3, 0.4) is 0 Å². The fraction of sp³-hybridized carbons (Fsp3) is 0.774. The van der Waals surface area contributed by atoms with Gasteiger partial charge in [0, 0.05) is 60.4 Å². The molecule has 8 heteroatoms. The molecular weight excluding hydrogens is 484 g/mol. The molecule has 0 amide bonds. The molecule has 2 N–H and O–H groups in total. The molecule has 2 saturated heterocycles. The summed E-state index contributed by atoms with van der Waals surface area (Å²) in [5.74, 6) is 2.21. The highest BCUT2D eigenvalue weighted by Gasteiger charge is 2.42. The fourth-order valence-corrected chi connectivity index (χ4v) is 7.39. The number of nitrogens with zero attached hydrogens (tertiary/aromatic N) is 6. The number of rotatable bonds is 11. The first kappa shape index (κ1) is 31.3. The molecule has 0 saturated carbocycles. The van der Waals surface area contributed by atoms with Gasteiger partial charge in [0.25, 0.3) is 0 Å². The third kappa shape index (κ3) is 7.94. The Morgan fingerprint density at radius 1 is 0.641 bits per heavy atom. The van der Waals surface area contributed by atoms with Crippen LogP contribution in [0.5, 0.6) is 0 Å². The minimum absolute atomic E-state index is 0.0258. The van der Waals surface area contributed by atoms with E-state index in [4.69, 9.17) is 15.0 Å². The normalized spacial score (nSPS) is 22.2. The molecule has 2 aliphatic rings. The molecule has 0 spiro atoms. The number of nitrogens with one attached hydrogen (secondary N) is 2. The minimum Gasteiger partial charge on any atom is -0.338 e. The number of anilines is 3. The van der Waals surface area contributed by atoms with Crippen LogP contribution in [-0.4, -0.2) is 75.4 Å². The predicted molar refractivity (Wildman–Crippen MR) is 167 cm³/mol. The standard InChI is InChI=1S/C31H56N8/c1-13-17-37(18-14-2)25-32-26(38(15-3)23-19-28(5,6)35-29(7,8)20-23)34-27(33-25)39(16-4)24-21-30(9,10)36-31(11,12)22-24/h13-14,23-24,35-36H,1-2,15-22H2,3-12H3. The van der Waals surface area contributed by atoms with E-state index in [1.807, 2.05) is 12.2 Å². The van der Waals surface area contributed by atoms with Crippen molar-refractivity contribution in [1.82, 2.24) is 25.6 Å². The van der Waals surface area contributed by atoms with Crippen LogP contribution in [0.2, 0.25) is 0 Å². The van der Waals surface area contributed by atoms with E-state index < -0.39 is 0 Å². The van der Waals surface area contributed by atoms with E-state index in [0.717, 1.165) is 50.7 Å². The third-order valence-electron chi connectivity index (χ3n) is 8.00. The van der Waals surface area contributed by atoms with Crippen LogP contribution in [0.4, 0.5) is 17.8 Å². The highest BCUT2D eigenvalue weighted by molar-refractivity contribution is 5.49. The van der Waals surface area contributed by atoms with Crippen LogP contribution in [0.15, 0.2) is 25.3 Å². The zero-order valence-electron chi connectivity index (χ0n) is 26.6. The molecule has 0 atom stereocenters. The number of aromatic nitrogens is 3. The van der Waals surface area contributed by atoms with Crippen LogP contribution in [0, 0.1) is 0 Å². The van der Waals surface area contributed by atoms with Crippen LogP contribution in [0.25, 0.3) is 0 Å². The smallest absolute Gasteiger partial charge is 0.232 e. The lowest BCUT2D eigenvalue weighted by Crippen LogP contribution is -2.62. The summed E-state index contributed by atoms with van der Waals surface area (Å²) in [5, 5.41) is 7.66. The summed E-state index contributed by atoms with van der Waals surface area (Å²) in [5.41, 5.74) is 0.103. The summed E-state index contributed by atoms with van der Waals surface area (Å²) in [6.45, 7) is 33.8. The molecule has 0 bridgehead atoms. The first-order chi connectivity index (χ1) is 18.0. The van der Waals surface area contributed by atoms with Crippen molar-refractivity contribution in [3.63, 3.8) is 0 Å². The van der Waals surface area contributed by atoms with Gasteiger partial charge < -0.3 is 25.3 Å². The first-order valence-electron chi connectivity index (χ1n) is 14.9. The van der Waals surface area contributed by atoms with Crippen LogP contribution < -0.4 is 25.3 Å². The SMILES string of the molecule is C=CCN(CC=C)c1nc(N(CC)C2CC(C)(C)NC(C)(C)C2)nc(N(CC)C2CC(C)(C)NC(C)(C)C2)n1. The molecule has 2 aliphatic heterocycles. The molecule has 39 heavy (non-hydrogen) atoms. The summed E-state index contributed by atoms with van der Waals surface area (Å²) >= 11 is 0. The highest BCUT2D eigenvalue weighted by Crippen LogP contribution is 2.36. The van der Waals surface area contributed by atoms with Crippen molar-refractivity contribution in [2.45, 2.75) is 129 Å². The number of piperidine rings is 2. The summed E-state index contributed by atoms with van der Waals surface area (Å²) in [4.78, 5) is 22.4. The summed E-state index contributed by atoms with van der Waals surface area (Å²) < 4.78 is 0. The lowest BCUT2D eigenvalue weighted by atomic mass is 9.79. The monoisotopic (exact) mass is 540 g/mol. The quantitative estimate of drug-likeness (QED) is 0.366. The maximum absolute atomic E-state index is 5.23. The summed E-state index contributed by atoms with van der Waals surface area (Å²) in [6, 6.07) is 0.645. The van der Waals surface area contributed by atoms with Gasteiger partial charge in [-0.3, -0.25) is 0 Å². The van der Waals surface area contributed by atoms with Crippen LogP contribution in [0.1, 0.15) is 94.9 Å². The van der Waals surface area contributed by atoms with E-state index in [1.165, 1.54) is 0 Å². The van der Waals surface area contributed by atoms with Gasteiger partial charge in [0.1, 0.15) is 0 Å². The molecule has 0 unspecified atom stereocenters. The minimum atomic E-state index is 0.0258. The zero-order chi connectivity index (χ0) is 29.2. The molecule has 8 nitrogen and oxygen atoms in total. The predicted octanol–water partition coefficient (Wildman–Crippen LogP) is 5.32. The summed E-state index contributed by atoms with van der Waals surface area (Å²) in [6.07, 6.45) is 7.90. The second kappa shape index (κ2) is 11.7. The third-order valence-corrected chi connectivity index (χ3v) is 8.00. The van der Waals surface area contributed by atoms with Gasteiger partial charge in [-0.2, -0.15) is 15.0 Å². The average molecular weight is 541 g/mol. The number of hydrogen-bond acceptors (Lipinski definition) is 8. The Morgan fingerprint density at radius 2 is 0.949 bits per heavy atom. The lowest BCUT2D eigenvalue weighted by molar-refractivity contribution is 0.158. The van der Waals surface area contributed by atoms with Gasteiger partial charge in [0.2, 0.25) is 17.8 Å². The van der Waals surface area contributed by atoms with E-state index in [1.54, 1.807) is 0 Å². The van der Waals surface area contributed by atoms with Gasteiger partial charge in [-0.15, -0.1) is 13.2 Å². The lowest BCUT2D eigenvalue weighted by Gasteiger charge is -2.50. The topological polar surface area (TPSA) is 72.5 Å². The van der Waals surface area contributed by atoms with Crippen molar-refractivity contribution >= 4 is 17.8 Å². The Kier molecular flexibility index (Phi) is 9.43. The Hall–Kier alpha value is -2.19. The molecular formula is C31H56N8. The fourth-order valence-electron chi connectivity index (χ4n) is 7.39. The molecule has 0 aliphatic carbocycles. The van der Waals surface area contributed by atoms with Crippen molar-refractivity contribution < 1.29 is 0 Å². The van der Waals surface area contributed by atoms with E-state index in [9.17, 15) is 0 Å². The van der Waals surface area contributed by atoms with E-state index >= 15 is 0 Å². The first-order valence-corrected chi connectivity index (χ1v) is 14.9. The van der Waals surface area contributed by atoms with Gasteiger partial charge >= 0.3 is 0 Å². The molecule has 1 aromatic rings. The maximum Gasteiger partial charge on any atom is 0.232 e. The van der Waals surface area contributed by atoms with E-state index in [-0.39, 0.29) is 22.2 Å². The molecule has 0 aromatic carbocycles. The second-order valence-corrected chi connectivity index (χ2v) is 14.2. The van der Waals surface area contributed by atoms with E-state index in [0.29, 0.717) is 31.1 Å². The molecule has 3 heterocycles. The van der Waals surface area contributed by atoms with Crippen molar-refractivity contribution in [1.29, 1.82) is 0 Å². The highest BCUT2D eigenvalue weighted by atomic mass is 15.4. The Labute approximate surface area is 238 Å². The van der Waals surface area contributed by atoms with Gasteiger partial charge in [-0.25, -0.2) is 0 Å². The van der Waals surface area contributed by atoms with Crippen molar-refractivity contribution in [2.24, 2.45) is 0 Å². The average Bonchev–Trinajstić information content (AvgIpc) is 2.76. The van der Waals surface area contributed by atoms with Gasteiger partial charge in [0.15, 0.2) is 0 Å². The van der Waals surface area contributed by atoms with Gasteiger partial charge in [0.05, 0.1) is 0 Å². The Morgan fingerprint density at radius 3 is 1.23 bits per heavy atom. The van der Waals surface area contributed by atoms with E-state index in [2.05, 4.69) is 108 Å². The van der Waals surface area contributed by atoms with Crippen molar-refractivity contribution in [2.75, 3.05) is 40.9 Å². The summed E-state index contributed by atoms with van der Waals surface area (Å²) in [7, 11) is 0. The second-order valence-electron chi connectivity index (χ2n) is 14.2. The molecule has 0 radical (unpaired) electrons. The Bertz CT molecular complexity index is 892. The van der Waals surface area contributed by atoms with Gasteiger partial charge in [-0.05, 0) is 94.9 Å². The zero-order valence-corrected chi connectivity index (χ0v) is 26.6. The van der Waals surface area contributed by atoms with Crippen molar-refractivity contribution in [3.05, 3.63) is 25.3 Å². The maximum atomic E-state index is 5.23. The molecule has 3 rings (SSSR count).